The van der Waals surface area contributed by atoms with Gasteiger partial charge >= 0.3 is 0 Å². The number of amides is 1. The Hall–Kier alpha value is -3.09. The van der Waals surface area contributed by atoms with Crippen molar-refractivity contribution in [2.75, 3.05) is 26.1 Å². The molecule has 0 aliphatic heterocycles. The van der Waals surface area contributed by atoms with Gasteiger partial charge in [0.25, 0.3) is 5.91 Å². The third-order valence-corrected chi connectivity index (χ3v) is 3.37. The zero-order chi connectivity index (χ0) is 18.2. The molecule has 0 unspecified atom stereocenters. The van der Waals surface area contributed by atoms with Crippen LogP contribution in [0.1, 0.15) is 11.1 Å². The highest BCUT2D eigenvalue weighted by Gasteiger charge is 2.07. The molecule has 7 heteroatoms. The molecule has 0 bridgehead atoms. The number of aryl methyl sites for hydroxylation is 1. The fourth-order valence-corrected chi connectivity index (χ4v) is 2.05. The topological polar surface area (TPSA) is 69.1 Å². The number of halogens is 1. The van der Waals surface area contributed by atoms with Gasteiger partial charge in [-0.3, -0.25) is 4.79 Å². The minimum absolute atomic E-state index is 0.307. The molecule has 1 amide bonds. The highest BCUT2D eigenvalue weighted by atomic mass is 19.1. The lowest BCUT2D eigenvalue weighted by Gasteiger charge is -2.08. The van der Waals surface area contributed by atoms with E-state index in [2.05, 4.69) is 10.5 Å². The molecule has 0 atom stereocenters. The predicted octanol–water partition coefficient (Wildman–Crippen LogP) is 3.14. The number of hydrogen-bond donors (Lipinski definition) is 1. The maximum atomic E-state index is 13.2. The molecule has 1 N–H and O–H groups in total. The van der Waals surface area contributed by atoms with Crippen LogP contribution in [0, 0.1) is 12.7 Å². The molecule has 25 heavy (non-hydrogen) atoms. The van der Waals surface area contributed by atoms with Gasteiger partial charge < -0.3 is 19.6 Å². The minimum Gasteiger partial charge on any atom is -0.497 e. The van der Waals surface area contributed by atoms with E-state index in [0.717, 1.165) is 5.56 Å². The Balaban J connectivity index is 1.92. The van der Waals surface area contributed by atoms with Crippen molar-refractivity contribution in [3.05, 3.63) is 53.3 Å². The Morgan fingerprint density at radius 1 is 1.20 bits per heavy atom. The molecule has 0 saturated carbocycles. The number of carbonyl (C=O) groups is 1. The van der Waals surface area contributed by atoms with Crippen LogP contribution in [0.5, 0.6) is 11.5 Å². The Morgan fingerprint density at radius 2 is 2.00 bits per heavy atom. The van der Waals surface area contributed by atoms with Crippen molar-refractivity contribution >= 4 is 17.8 Å². The Morgan fingerprint density at radius 3 is 2.72 bits per heavy atom. The van der Waals surface area contributed by atoms with Crippen molar-refractivity contribution in [2.45, 2.75) is 6.92 Å². The van der Waals surface area contributed by atoms with Gasteiger partial charge in [0.2, 0.25) is 0 Å². The number of rotatable bonds is 7. The third-order valence-electron chi connectivity index (χ3n) is 3.37. The maximum absolute atomic E-state index is 13.2. The first kappa shape index (κ1) is 18.3. The van der Waals surface area contributed by atoms with Gasteiger partial charge in [-0.25, -0.2) is 4.39 Å². The second-order valence-electron chi connectivity index (χ2n) is 5.12. The van der Waals surface area contributed by atoms with Gasteiger partial charge in [-0.15, -0.1) is 0 Å². The molecular weight excluding hydrogens is 327 g/mol. The maximum Gasteiger partial charge on any atom is 0.265 e. The summed E-state index contributed by atoms with van der Waals surface area (Å²) in [5.41, 5.74) is 1.79. The van der Waals surface area contributed by atoms with Crippen molar-refractivity contribution in [3.63, 3.8) is 0 Å². The second-order valence-corrected chi connectivity index (χ2v) is 5.12. The summed E-state index contributed by atoms with van der Waals surface area (Å²) in [7, 11) is 3.09. The van der Waals surface area contributed by atoms with Crippen LogP contribution >= 0.6 is 0 Å². The largest absolute Gasteiger partial charge is 0.497 e. The molecule has 0 fully saturated rings. The number of nitrogens with one attached hydrogen (secondary N) is 1. The Labute approximate surface area is 145 Å². The fourth-order valence-electron chi connectivity index (χ4n) is 2.05. The number of ether oxygens (including phenoxy) is 2. The predicted molar refractivity (Wildman–Crippen MR) is 92.9 cm³/mol. The molecule has 132 valence electrons. The summed E-state index contributed by atoms with van der Waals surface area (Å²) in [6.45, 7) is 1.46. The molecule has 2 aromatic carbocycles. The standard InChI is InChI=1S/C18H19FN2O4/c1-12-4-5-14(19)9-16(12)21-18(22)11-25-20-10-13-8-15(23-2)6-7-17(13)24-3/h4-10H,11H2,1-3H3,(H,21,22)/b20-10+. The molecule has 0 aliphatic rings. The van der Waals surface area contributed by atoms with Gasteiger partial charge in [0.05, 0.1) is 20.4 Å². The molecule has 2 aromatic rings. The van der Waals surface area contributed by atoms with Crippen LogP contribution in [-0.4, -0.2) is 32.9 Å². The normalized spacial score (nSPS) is 10.6. The van der Waals surface area contributed by atoms with E-state index < -0.39 is 11.7 Å². The van der Waals surface area contributed by atoms with Crippen LogP contribution in [-0.2, 0) is 9.63 Å². The van der Waals surface area contributed by atoms with Crippen LogP contribution in [0.25, 0.3) is 0 Å². The highest BCUT2D eigenvalue weighted by molar-refractivity contribution is 5.92. The minimum atomic E-state index is -0.441. The van der Waals surface area contributed by atoms with Crippen molar-refractivity contribution in [3.8, 4) is 11.5 Å². The number of methoxy groups -OCH3 is 2. The fraction of sp³-hybridized carbons (Fsp3) is 0.222. The van der Waals surface area contributed by atoms with Crippen LogP contribution < -0.4 is 14.8 Å². The molecule has 0 aliphatic carbocycles. The Bertz CT molecular complexity index is 778. The first-order valence-electron chi connectivity index (χ1n) is 7.47. The first-order chi connectivity index (χ1) is 12.0. The molecule has 2 rings (SSSR count). The summed E-state index contributed by atoms with van der Waals surface area (Å²) in [6.07, 6.45) is 1.42. The zero-order valence-electron chi connectivity index (χ0n) is 14.2. The summed E-state index contributed by atoms with van der Waals surface area (Å²) < 4.78 is 23.5. The van der Waals surface area contributed by atoms with E-state index in [-0.39, 0.29) is 6.61 Å². The number of hydrogen-bond acceptors (Lipinski definition) is 5. The lowest BCUT2D eigenvalue weighted by atomic mass is 10.2. The molecule has 6 nitrogen and oxygen atoms in total. The number of benzene rings is 2. The average molecular weight is 346 g/mol. The van der Waals surface area contributed by atoms with E-state index >= 15 is 0 Å². The monoisotopic (exact) mass is 346 g/mol. The molecule has 0 heterocycles. The van der Waals surface area contributed by atoms with Gasteiger partial charge in [0.15, 0.2) is 6.61 Å². The molecule has 0 saturated heterocycles. The summed E-state index contributed by atoms with van der Waals surface area (Å²) >= 11 is 0. The van der Waals surface area contributed by atoms with E-state index in [1.54, 1.807) is 38.3 Å². The van der Waals surface area contributed by atoms with E-state index in [1.807, 2.05) is 0 Å². The van der Waals surface area contributed by atoms with Crippen LogP contribution in [0.4, 0.5) is 10.1 Å². The van der Waals surface area contributed by atoms with Gasteiger partial charge in [0, 0.05) is 11.3 Å². The number of anilines is 1. The second kappa shape index (κ2) is 8.68. The molecule has 0 spiro atoms. The number of carbonyl (C=O) groups excluding carboxylic acids is 1. The van der Waals surface area contributed by atoms with Gasteiger partial charge in [-0.2, -0.15) is 0 Å². The van der Waals surface area contributed by atoms with E-state index in [4.69, 9.17) is 14.3 Å². The quantitative estimate of drug-likeness (QED) is 0.618. The zero-order valence-corrected chi connectivity index (χ0v) is 14.2. The van der Waals surface area contributed by atoms with Crippen molar-refractivity contribution in [2.24, 2.45) is 5.16 Å². The van der Waals surface area contributed by atoms with Gasteiger partial charge in [0.1, 0.15) is 17.3 Å². The van der Waals surface area contributed by atoms with E-state index in [1.165, 1.54) is 25.5 Å². The van der Waals surface area contributed by atoms with Crippen molar-refractivity contribution in [1.29, 1.82) is 0 Å². The lowest BCUT2D eigenvalue weighted by molar-refractivity contribution is -0.120. The molecular formula is C18H19FN2O4. The van der Waals surface area contributed by atoms with Gasteiger partial charge in [-0.1, -0.05) is 11.2 Å². The third kappa shape index (κ3) is 5.20. The average Bonchev–Trinajstić information content (AvgIpc) is 2.61. The van der Waals surface area contributed by atoms with Crippen LogP contribution in [0.15, 0.2) is 41.6 Å². The van der Waals surface area contributed by atoms with E-state index in [9.17, 15) is 9.18 Å². The van der Waals surface area contributed by atoms with Gasteiger partial charge in [-0.05, 0) is 42.8 Å². The first-order valence-corrected chi connectivity index (χ1v) is 7.47. The van der Waals surface area contributed by atoms with Crippen molar-refractivity contribution < 1.29 is 23.5 Å². The van der Waals surface area contributed by atoms with Crippen LogP contribution in [0.2, 0.25) is 0 Å². The summed E-state index contributed by atoms with van der Waals surface area (Å²) in [6, 6.07) is 9.37. The molecule has 0 aromatic heterocycles. The SMILES string of the molecule is COc1ccc(OC)c(/C=N/OCC(=O)Nc2cc(F)ccc2C)c1. The summed E-state index contributed by atoms with van der Waals surface area (Å²) in [4.78, 5) is 16.8. The van der Waals surface area contributed by atoms with Crippen molar-refractivity contribution in [1.82, 2.24) is 0 Å². The summed E-state index contributed by atoms with van der Waals surface area (Å²) in [5, 5.41) is 6.32. The lowest BCUT2D eigenvalue weighted by Crippen LogP contribution is -2.17. The smallest absolute Gasteiger partial charge is 0.265 e. The van der Waals surface area contributed by atoms with E-state index in [0.29, 0.717) is 22.7 Å². The Kier molecular flexibility index (Phi) is 6.33. The van der Waals surface area contributed by atoms with Crippen LogP contribution in [0.3, 0.4) is 0 Å². The summed E-state index contributed by atoms with van der Waals surface area (Å²) in [5.74, 6) is 0.364. The highest BCUT2D eigenvalue weighted by Crippen LogP contribution is 2.22. The number of nitrogens with zero attached hydrogens (tertiary/aromatic N) is 1. The number of oxime groups is 1. The molecule has 0 radical (unpaired) electrons.